The van der Waals surface area contributed by atoms with Crippen LogP contribution in [0.2, 0.25) is 0 Å². The first kappa shape index (κ1) is 8.04. The van der Waals surface area contributed by atoms with Crippen LogP contribution in [0.3, 0.4) is 0 Å². The number of aromatic amines is 1. The number of fused-ring (bicyclic) bond motifs is 1. The fraction of sp³-hybridized carbons (Fsp3) is 0.333. The summed E-state index contributed by atoms with van der Waals surface area (Å²) in [5.74, 6) is 0.577. The second-order valence-electron chi connectivity index (χ2n) is 2.77. The van der Waals surface area contributed by atoms with Crippen LogP contribution in [0.25, 0.3) is 10.9 Å². The topological polar surface area (TPSA) is 50.8 Å². The summed E-state index contributed by atoms with van der Waals surface area (Å²) in [6.45, 7) is 2.08. The monoisotopic (exact) mass is 177 g/mol. The Kier molecular flexibility index (Phi) is 1.88. The number of pyridine rings is 1. The normalized spacial score (nSPS) is 10.6. The number of aromatic nitrogens is 3. The van der Waals surface area contributed by atoms with Gasteiger partial charge in [0.25, 0.3) is 0 Å². The molecule has 0 saturated carbocycles. The molecule has 13 heavy (non-hydrogen) atoms. The smallest absolute Gasteiger partial charge is 0.242 e. The summed E-state index contributed by atoms with van der Waals surface area (Å²) in [6.07, 6.45) is 2.67. The molecule has 0 atom stereocenters. The molecular weight excluding hydrogens is 166 g/mol. The minimum absolute atomic E-state index is 0.577. The van der Waals surface area contributed by atoms with E-state index in [9.17, 15) is 0 Å². The fourth-order valence-electron chi connectivity index (χ4n) is 1.39. The number of nitrogens with zero attached hydrogens (tertiary/aromatic N) is 2. The molecule has 0 aliphatic heterocycles. The summed E-state index contributed by atoms with van der Waals surface area (Å²) < 4.78 is 5.09. The van der Waals surface area contributed by atoms with Crippen LogP contribution in [-0.2, 0) is 6.42 Å². The van der Waals surface area contributed by atoms with E-state index < -0.39 is 0 Å². The van der Waals surface area contributed by atoms with Crippen LogP contribution in [0.4, 0.5) is 0 Å². The highest BCUT2D eigenvalue weighted by molar-refractivity contribution is 5.85. The number of rotatable bonds is 2. The van der Waals surface area contributed by atoms with Gasteiger partial charge in [0.15, 0.2) is 5.52 Å². The lowest BCUT2D eigenvalue weighted by Gasteiger charge is -1.97. The van der Waals surface area contributed by atoms with Gasteiger partial charge in [0, 0.05) is 17.3 Å². The maximum Gasteiger partial charge on any atom is 0.242 e. The number of aryl methyl sites for hydroxylation is 1. The van der Waals surface area contributed by atoms with Gasteiger partial charge in [-0.2, -0.15) is 5.10 Å². The van der Waals surface area contributed by atoms with Crippen molar-refractivity contribution in [3.63, 3.8) is 0 Å². The Morgan fingerprint density at radius 3 is 3.08 bits per heavy atom. The highest BCUT2D eigenvalue weighted by Gasteiger charge is 2.08. The number of hydrogen-bond donors (Lipinski definition) is 1. The molecule has 4 heteroatoms. The maximum atomic E-state index is 5.09. The first-order chi connectivity index (χ1) is 6.36. The van der Waals surface area contributed by atoms with Gasteiger partial charge in [-0.1, -0.05) is 6.92 Å². The summed E-state index contributed by atoms with van der Waals surface area (Å²) in [5, 5.41) is 8.21. The van der Waals surface area contributed by atoms with Gasteiger partial charge in [-0.05, 0) is 12.5 Å². The summed E-state index contributed by atoms with van der Waals surface area (Å²) >= 11 is 0. The molecule has 0 saturated heterocycles. The van der Waals surface area contributed by atoms with Gasteiger partial charge in [0.05, 0.1) is 7.11 Å². The van der Waals surface area contributed by atoms with Gasteiger partial charge in [-0.15, -0.1) is 0 Å². The molecule has 2 heterocycles. The maximum absolute atomic E-state index is 5.09. The molecule has 0 spiro atoms. The average Bonchev–Trinajstić information content (AvgIpc) is 2.60. The van der Waals surface area contributed by atoms with Gasteiger partial charge in [0.2, 0.25) is 5.88 Å². The van der Waals surface area contributed by atoms with Crippen LogP contribution < -0.4 is 4.74 Å². The highest BCUT2D eigenvalue weighted by atomic mass is 16.5. The number of hydrogen-bond acceptors (Lipinski definition) is 3. The van der Waals surface area contributed by atoms with E-state index in [4.69, 9.17) is 4.74 Å². The average molecular weight is 177 g/mol. The Labute approximate surface area is 75.9 Å². The summed E-state index contributed by atoms with van der Waals surface area (Å²) in [4.78, 5) is 4.07. The largest absolute Gasteiger partial charge is 0.479 e. The second kappa shape index (κ2) is 3.05. The molecule has 0 aliphatic carbocycles. The predicted octanol–water partition coefficient (Wildman–Crippen LogP) is 1.53. The highest BCUT2D eigenvalue weighted by Crippen LogP contribution is 2.22. The van der Waals surface area contributed by atoms with Crippen LogP contribution in [0.5, 0.6) is 5.88 Å². The van der Waals surface area contributed by atoms with Crippen molar-refractivity contribution in [1.29, 1.82) is 0 Å². The quantitative estimate of drug-likeness (QED) is 0.756. The van der Waals surface area contributed by atoms with Crippen LogP contribution in [0, 0.1) is 0 Å². The summed E-state index contributed by atoms with van der Waals surface area (Å²) in [6, 6.07) is 1.94. The Morgan fingerprint density at radius 1 is 1.54 bits per heavy atom. The fourth-order valence-corrected chi connectivity index (χ4v) is 1.39. The summed E-state index contributed by atoms with van der Waals surface area (Å²) in [5.41, 5.74) is 1.93. The standard InChI is InChI=1S/C9H11N3O/c1-3-7-6-4-5-10-9(13-2)8(6)12-11-7/h4-5H,3H2,1-2H3,(H,11,12). The minimum atomic E-state index is 0.577. The van der Waals surface area contributed by atoms with E-state index in [1.165, 1.54) is 0 Å². The Bertz CT molecular complexity index is 422. The Hall–Kier alpha value is -1.58. The SMILES string of the molecule is CCc1[nH]nc2c(OC)nccc12. The second-order valence-corrected chi connectivity index (χ2v) is 2.77. The Balaban J connectivity index is 2.72. The molecule has 0 bridgehead atoms. The van der Waals surface area contributed by atoms with E-state index in [-0.39, 0.29) is 0 Å². The molecule has 68 valence electrons. The molecule has 0 aliphatic rings. The zero-order chi connectivity index (χ0) is 9.26. The van der Waals surface area contributed by atoms with Crippen molar-refractivity contribution in [1.82, 2.24) is 15.2 Å². The first-order valence-electron chi connectivity index (χ1n) is 4.22. The zero-order valence-corrected chi connectivity index (χ0v) is 7.66. The van der Waals surface area contributed by atoms with Crippen LogP contribution in [0.1, 0.15) is 12.6 Å². The lowest BCUT2D eigenvalue weighted by Crippen LogP contribution is -1.87. The summed E-state index contributed by atoms with van der Waals surface area (Å²) in [7, 11) is 1.60. The van der Waals surface area contributed by atoms with Crippen LogP contribution in [0.15, 0.2) is 12.3 Å². The van der Waals surface area contributed by atoms with Gasteiger partial charge in [-0.3, -0.25) is 5.10 Å². The minimum Gasteiger partial charge on any atom is -0.479 e. The molecule has 2 rings (SSSR count). The molecule has 0 unspecified atom stereocenters. The van der Waals surface area contributed by atoms with E-state index in [1.54, 1.807) is 13.3 Å². The van der Waals surface area contributed by atoms with Gasteiger partial charge in [0.1, 0.15) is 0 Å². The number of H-pyrrole nitrogens is 1. The van der Waals surface area contributed by atoms with Crippen molar-refractivity contribution >= 4 is 10.9 Å². The van der Waals surface area contributed by atoms with E-state index in [0.29, 0.717) is 5.88 Å². The van der Waals surface area contributed by atoms with E-state index in [0.717, 1.165) is 23.0 Å². The van der Waals surface area contributed by atoms with Crippen LogP contribution >= 0.6 is 0 Å². The molecule has 2 aromatic rings. The van der Waals surface area contributed by atoms with Gasteiger partial charge in [-0.25, -0.2) is 4.98 Å². The van der Waals surface area contributed by atoms with E-state index >= 15 is 0 Å². The van der Waals surface area contributed by atoms with E-state index in [2.05, 4.69) is 22.1 Å². The molecular formula is C9H11N3O. The number of methoxy groups -OCH3 is 1. The number of ether oxygens (including phenoxy) is 1. The molecule has 4 nitrogen and oxygen atoms in total. The third-order valence-electron chi connectivity index (χ3n) is 2.07. The van der Waals surface area contributed by atoms with Gasteiger partial charge >= 0.3 is 0 Å². The van der Waals surface area contributed by atoms with Crippen molar-refractivity contribution in [3.05, 3.63) is 18.0 Å². The van der Waals surface area contributed by atoms with Gasteiger partial charge < -0.3 is 4.74 Å². The first-order valence-corrected chi connectivity index (χ1v) is 4.22. The van der Waals surface area contributed by atoms with E-state index in [1.807, 2.05) is 6.07 Å². The third kappa shape index (κ3) is 1.14. The van der Waals surface area contributed by atoms with Crippen molar-refractivity contribution in [2.75, 3.05) is 7.11 Å². The zero-order valence-electron chi connectivity index (χ0n) is 7.66. The predicted molar refractivity (Wildman–Crippen MR) is 49.8 cm³/mol. The van der Waals surface area contributed by atoms with Crippen molar-refractivity contribution < 1.29 is 4.74 Å². The Morgan fingerprint density at radius 2 is 2.38 bits per heavy atom. The molecule has 0 aromatic carbocycles. The van der Waals surface area contributed by atoms with Crippen molar-refractivity contribution in [2.24, 2.45) is 0 Å². The molecule has 0 radical (unpaired) electrons. The number of nitrogens with one attached hydrogen (secondary N) is 1. The molecule has 0 amide bonds. The lowest BCUT2D eigenvalue weighted by molar-refractivity contribution is 0.402. The van der Waals surface area contributed by atoms with Crippen LogP contribution in [-0.4, -0.2) is 22.3 Å². The molecule has 1 N–H and O–H groups in total. The molecule has 0 fully saturated rings. The van der Waals surface area contributed by atoms with Crippen molar-refractivity contribution in [2.45, 2.75) is 13.3 Å². The van der Waals surface area contributed by atoms with Crippen molar-refractivity contribution in [3.8, 4) is 5.88 Å². The third-order valence-corrected chi connectivity index (χ3v) is 2.07. The molecule has 2 aromatic heterocycles. The lowest BCUT2D eigenvalue weighted by atomic mass is 10.2.